The van der Waals surface area contributed by atoms with Gasteiger partial charge < -0.3 is 10.5 Å². The van der Waals surface area contributed by atoms with Crippen molar-refractivity contribution in [3.63, 3.8) is 0 Å². The predicted molar refractivity (Wildman–Crippen MR) is 67.7 cm³/mol. The number of nitrogens with zero attached hydrogens (tertiary/aromatic N) is 1. The Kier molecular flexibility index (Phi) is 3.89. The Hall–Kier alpha value is -1.94. The summed E-state index contributed by atoms with van der Waals surface area (Å²) in [5.74, 6) is 0.111. The number of ether oxygens (including phenoxy) is 1. The third kappa shape index (κ3) is 3.05. The summed E-state index contributed by atoms with van der Waals surface area (Å²) >= 11 is 0. The van der Waals surface area contributed by atoms with E-state index in [0.29, 0.717) is 5.75 Å². The minimum absolute atomic E-state index is 0.247. The Bertz CT molecular complexity index is 502. The average molecular weight is 246 g/mol. The highest BCUT2D eigenvalue weighted by Gasteiger charge is 2.19. The molecule has 3 nitrogen and oxygen atoms in total. The van der Waals surface area contributed by atoms with Gasteiger partial charge in [-0.05, 0) is 31.2 Å². The van der Waals surface area contributed by atoms with Crippen LogP contribution in [0.5, 0.6) is 5.75 Å². The first-order valence-corrected chi connectivity index (χ1v) is 5.75. The maximum Gasteiger partial charge on any atom is 0.155 e. The second kappa shape index (κ2) is 5.60. The normalized spacial score (nSPS) is 13.9. The number of aromatic nitrogens is 1. The second-order valence-electron chi connectivity index (χ2n) is 4.11. The molecule has 0 aliphatic carbocycles. The average Bonchev–Trinajstić information content (AvgIpc) is 2.37. The van der Waals surface area contributed by atoms with Crippen LogP contribution in [0.25, 0.3) is 0 Å². The molecular weight excluding hydrogens is 231 g/mol. The molecule has 0 radical (unpaired) electrons. The maximum absolute atomic E-state index is 13.1. The van der Waals surface area contributed by atoms with Crippen LogP contribution in [0, 0.1) is 5.82 Å². The van der Waals surface area contributed by atoms with Gasteiger partial charge in [-0.2, -0.15) is 0 Å². The molecule has 2 aromatic rings. The van der Waals surface area contributed by atoms with E-state index in [4.69, 9.17) is 10.5 Å². The summed E-state index contributed by atoms with van der Waals surface area (Å²) in [6.45, 7) is 1.83. The van der Waals surface area contributed by atoms with Crippen LogP contribution < -0.4 is 10.5 Å². The SMILES string of the molecule is CC(N)C(Oc1cccc(F)c1)c1ccccn1. The number of hydrogen-bond donors (Lipinski definition) is 1. The lowest BCUT2D eigenvalue weighted by atomic mass is 10.1. The van der Waals surface area contributed by atoms with Crippen LogP contribution in [-0.4, -0.2) is 11.0 Å². The molecule has 2 rings (SSSR count). The fourth-order valence-corrected chi connectivity index (χ4v) is 1.67. The molecule has 0 saturated carbocycles. The van der Waals surface area contributed by atoms with E-state index in [0.717, 1.165) is 5.69 Å². The van der Waals surface area contributed by atoms with Crippen molar-refractivity contribution in [2.75, 3.05) is 0 Å². The van der Waals surface area contributed by atoms with E-state index in [1.165, 1.54) is 12.1 Å². The van der Waals surface area contributed by atoms with Gasteiger partial charge in [0.15, 0.2) is 6.10 Å². The van der Waals surface area contributed by atoms with E-state index in [1.54, 1.807) is 18.3 Å². The number of hydrogen-bond acceptors (Lipinski definition) is 3. The highest BCUT2D eigenvalue weighted by molar-refractivity contribution is 5.24. The van der Waals surface area contributed by atoms with Gasteiger partial charge in [0.2, 0.25) is 0 Å². The molecule has 1 heterocycles. The molecule has 0 bridgehead atoms. The Balaban J connectivity index is 2.22. The molecule has 18 heavy (non-hydrogen) atoms. The van der Waals surface area contributed by atoms with Gasteiger partial charge in [0.05, 0.1) is 5.69 Å². The van der Waals surface area contributed by atoms with E-state index in [9.17, 15) is 4.39 Å². The third-order valence-corrected chi connectivity index (χ3v) is 2.52. The summed E-state index contributed by atoms with van der Waals surface area (Å²) in [4.78, 5) is 4.22. The fourth-order valence-electron chi connectivity index (χ4n) is 1.67. The zero-order valence-electron chi connectivity index (χ0n) is 10.1. The minimum atomic E-state index is -0.395. The van der Waals surface area contributed by atoms with Gasteiger partial charge in [-0.1, -0.05) is 12.1 Å². The molecule has 1 aromatic heterocycles. The van der Waals surface area contributed by atoms with Crippen molar-refractivity contribution in [3.05, 3.63) is 60.2 Å². The Morgan fingerprint density at radius 2 is 2.06 bits per heavy atom. The quantitative estimate of drug-likeness (QED) is 0.902. The molecule has 0 aliphatic rings. The van der Waals surface area contributed by atoms with E-state index in [2.05, 4.69) is 4.98 Å². The monoisotopic (exact) mass is 246 g/mol. The summed E-state index contributed by atoms with van der Waals surface area (Å²) in [5, 5.41) is 0. The lowest BCUT2D eigenvalue weighted by molar-refractivity contribution is 0.175. The number of pyridine rings is 1. The van der Waals surface area contributed by atoms with E-state index < -0.39 is 6.10 Å². The van der Waals surface area contributed by atoms with Crippen LogP contribution in [-0.2, 0) is 0 Å². The van der Waals surface area contributed by atoms with Crippen LogP contribution in [0.3, 0.4) is 0 Å². The lowest BCUT2D eigenvalue weighted by Gasteiger charge is -2.21. The third-order valence-electron chi connectivity index (χ3n) is 2.52. The van der Waals surface area contributed by atoms with Crippen LogP contribution in [0.2, 0.25) is 0 Å². The summed E-state index contributed by atoms with van der Waals surface area (Å²) in [7, 11) is 0. The van der Waals surface area contributed by atoms with Gasteiger partial charge >= 0.3 is 0 Å². The van der Waals surface area contributed by atoms with Crippen LogP contribution in [0.4, 0.5) is 4.39 Å². The molecule has 0 spiro atoms. The van der Waals surface area contributed by atoms with Gasteiger partial charge in [0.1, 0.15) is 11.6 Å². The smallest absolute Gasteiger partial charge is 0.155 e. The van der Waals surface area contributed by atoms with Gasteiger partial charge in [-0.25, -0.2) is 4.39 Å². The van der Waals surface area contributed by atoms with E-state index in [1.807, 2.05) is 25.1 Å². The maximum atomic E-state index is 13.1. The Morgan fingerprint density at radius 1 is 1.22 bits per heavy atom. The molecule has 2 N–H and O–H groups in total. The molecule has 0 aliphatic heterocycles. The first-order valence-electron chi connectivity index (χ1n) is 5.75. The zero-order chi connectivity index (χ0) is 13.0. The predicted octanol–water partition coefficient (Wildman–Crippen LogP) is 2.69. The second-order valence-corrected chi connectivity index (χ2v) is 4.11. The van der Waals surface area contributed by atoms with E-state index >= 15 is 0 Å². The lowest BCUT2D eigenvalue weighted by Crippen LogP contribution is -2.29. The minimum Gasteiger partial charge on any atom is -0.482 e. The van der Waals surface area contributed by atoms with Crippen molar-refractivity contribution >= 4 is 0 Å². The number of rotatable bonds is 4. The molecular formula is C14H15FN2O. The van der Waals surface area contributed by atoms with Crippen molar-refractivity contribution in [1.82, 2.24) is 4.98 Å². The van der Waals surface area contributed by atoms with Crippen LogP contribution >= 0.6 is 0 Å². The summed E-state index contributed by atoms with van der Waals surface area (Å²) in [6.07, 6.45) is 1.28. The number of nitrogens with two attached hydrogens (primary N) is 1. The fraction of sp³-hybridized carbons (Fsp3) is 0.214. The van der Waals surface area contributed by atoms with Crippen molar-refractivity contribution in [3.8, 4) is 5.75 Å². The van der Waals surface area contributed by atoms with E-state index in [-0.39, 0.29) is 11.9 Å². The molecule has 2 atom stereocenters. The standard InChI is InChI=1S/C14H15FN2O/c1-10(16)14(13-7-2-3-8-17-13)18-12-6-4-5-11(15)9-12/h2-10,14H,16H2,1H3. The Morgan fingerprint density at radius 3 is 2.67 bits per heavy atom. The highest BCUT2D eigenvalue weighted by atomic mass is 19.1. The van der Waals surface area contributed by atoms with Crippen molar-refractivity contribution in [2.24, 2.45) is 5.73 Å². The van der Waals surface area contributed by atoms with Crippen LogP contribution in [0.15, 0.2) is 48.7 Å². The molecule has 0 amide bonds. The van der Waals surface area contributed by atoms with Crippen molar-refractivity contribution < 1.29 is 9.13 Å². The first-order chi connectivity index (χ1) is 8.66. The number of halogens is 1. The molecule has 2 unspecified atom stereocenters. The van der Waals surface area contributed by atoms with Gasteiger partial charge in [0, 0.05) is 18.3 Å². The van der Waals surface area contributed by atoms with Gasteiger partial charge in [0.25, 0.3) is 0 Å². The zero-order valence-corrected chi connectivity index (χ0v) is 10.1. The summed E-state index contributed by atoms with van der Waals surface area (Å²) in [5.41, 5.74) is 6.63. The Labute approximate surface area is 105 Å². The molecule has 0 fully saturated rings. The highest BCUT2D eigenvalue weighted by Crippen LogP contribution is 2.23. The number of benzene rings is 1. The molecule has 94 valence electrons. The van der Waals surface area contributed by atoms with Crippen LogP contribution in [0.1, 0.15) is 18.7 Å². The largest absolute Gasteiger partial charge is 0.482 e. The topological polar surface area (TPSA) is 48.1 Å². The van der Waals surface area contributed by atoms with Crippen molar-refractivity contribution in [2.45, 2.75) is 19.1 Å². The first kappa shape index (κ1) is 12.5. The van der Waals surface area contributed by atoms with Gasteiger partial charge in [-0.3, -0.25) is 4.98 Å². The van der Waals surface area contributed by atoms with Gasteiger partial charge in [-0.15, -0.1) is 0 Å². The molecule has 0 saturated heterocycles. The van der Waals surface area contributed by atoms with Crippen molar-refractivity contribution in [1.29, 1.82) is 0 Å². The summed E-state index contributed by atoms with van der Waals surface area (Å²) < 4.78 is 18.8. The molecule has 4 heteroatoms. The molecule has 1 aromatic carbocycles. The summed E-state index contributed by atoms with van der Waals surface area (Å²) in [6, 6.07) is 11.3.